The fourth-order valence-corrected chi connectivity index (χ4v) is 1.31. The number of hydrogen-bond acceptors (Lipinski definition) is 6. The zero-order chi connectivity index (χ0) is 10.7. The number of nitrogens with one attached hydrogen (secondary N) is 1. The minimum absolute atomic E-state index is 0.0161. The van der Waals surface area contributed by atoms with E-state index in [9.17, 15) is 5.21 Å². The van der Waals surface area contributed by atoms with E-state index in [1.807, 2.05) is 0 Å². The standard InChI is InChI=1S/C8H10N4O3/c13-4-3-9-5-1-2-6(10-14)8-7(5)11-15-12-8/h1-2,9,13H,3-4,10H2. The SMILES string of the molecule is [O-][NH2+]c1ccc(NCCO)c2nonc12. The summed E-state index contributed by atoms with van der Waals surface area (Å²) in [6.45, 7) is 0.421. The zero-order valence-corrected chi connectivity index (χ0v) is 7.80. The molecule has 0 spiro atoms. The van der Waals surface area contributed by atoms with Gasteiger partial charge in [-0.3, -0.25) is 0 Å². The number of aliphatic hydroxyl groups is 1. The van der Waals surface area contributed by atoms with Crippen LogP contribution in [0.4, 0.5) is 11.4 Å². The van der Waals surface area contributed by atoms with E-state index in [0.717, 1.165) is 0 Å². The number of anilines is 1. The fraction of sp³-hybridized carbons (Fsp3) is 0.250. The third-order valence-corrected chi connectivity index (χ3v) is 2.00. The van der Waals surface area contributed by atoms with Crippen LogP contribution in [0.3, 0.4) is 0 Å². The highest BCUT2D eigenvalue weighted by Crippen LogP contribution is 2.24. The van der Waals surface area contributed by atoms with Crippen molar-refractivity contribution in [3.8, 4) is 0 Å². The predicted octanol–water partition coefficient (Wildman–Crippen LogP) is -0.680. The third-order valence-electron chi connectivity index (χ3n) is 2.00. The minimum atomic E-state index is 0.0161. The van der Waals surface area contributed by atoms with Crippen LogP contribution in [0.25, 0.3) is 11.0 Å². The molecule has 0 radical (unpaired) electrons. The lowest BCUT2D eigenvalue weighted by Crippen LogP contribution is -2.70. The van der Waals surface area contributed by atoms with E-state index in [2.05, 4.69) is 20.3 Å². The molecule has 0 aliphatic carbocycles. The van der Waals surface area contributed by atoms with E-state index in [0.29, 0.717) is 34.4 Å². The monoisotopic (exact) mass is 210 g/mol. The Morgan fingerprint density at radius 1 is 1.40 bits per heavy atom. The average Bonchev–Trinajstić information content (AvgIpc) is 2.74. The van der Waals surface area contributed by atoms with Crippen molar-refractivity contribution in [2.24, 2.45) is 0 Å². The largest absolute Gasteiger partial charge is 0.630 e. The van der Waals surface area contributed by atoms with Crippen molar-refractivity contribution in [2.75, 3.05) is 18.5 Å². The van der Waals surface area contributed by atoms with Gasteiger partial charge in [0, 0.05) is 12.6 Å². The molecule has 0 unspecified atom stereocenters. The second-order valence-electron chi connectivity index (χ2n) is 2.93. The molecule has 0 atom stereocenters. The number of hydrogen-bond donors (Lipinski definition) is 3. The summed E-state index contributed by atoms with van der Waals surface area (Å²) in [5.74, 6) is 0. The molecule has 80 valence electrons. The number of nitrogens with two attached hydrogens (primary N) is 1. The van der Waals surface area contributed by atoms with Gasteiger partial charge in [-0.05, 0) is 16.4 Å². The normalized spacial score (nSPS) is 10.8. The van der Waals surface area contributed by atoms with Gasteiger partial charge in [-0.2, -0.15) is 0 Å². The molecule has 4 N–H and O–H groups in total. The molecular weight excluding hydrogens is 200 g/mol. The van der Waals surface area contributed by atoms with Gasteiger partial charge in [-0.15, -0.1) is 0 Å². The quantitative estimate of drug-likeness (QED) is 0.455. The van der Waals surface area contributed by atoms with E-state index in [-0.39, 0.29) is 6.61 Å². The van der Waals surface area contributed by atoms with Gasteiger partial charge >= 0.3 is 0 Å². The Labute approximate surface area is 84.6 Å². The summed E-state index contributed by atoms with van der Waals surface area (Å²) >= 11 is 0. The first kappa shape index (κ1) is 9.84. The number of quaternary nitrogens is 1. The molecule has 2 rings (SSSR count). The van der Waals surface area contributed by atoms with Gasteiger partial charge in [-0.1, -0.05) is 0 Å². The van der Waals surface area contributed by atoms with Crippen molar-refractivity contribution >= 4 is 22.4 Å². The first-order valence-corrected chi connectivity index (χ1v) is 4.42. The first-order valence-electron chi connectivity index (χ1n) is 4.42. The summed E-state index contributed by atoms with van der Waals surface area (Å²) in [6.07, 6.45) is 0. The number of fused-ring (bicyclic) bond motifs is 1. The van der Waals surface area contributed by atoms with Crippen molar-refractivity contribution in [2.45, 2.75) is 0 Å². The van der Waals surface area contributed by atoms with Gasteiger partial charge in [-0.25, -0.2) is 4.63 Å². The Kier molecular flexibility index (Phi) is 2.77. The van der Waals surface area contributed by atoms with E-state index >= 15 is 0 Å². The van der Waals surface area contributed by atoms with Crippen molar-refractivity contribution in [3.05, 3.63) is 17.3 Å². The fourth-order valence-electron chi connectivity index (χ4n) is 1.31. The van der Waals surface area contributed by atoms with Crippen molar-refractivity contribution in [1.82, 2.24) is 10.3 Å². The molecule has 7 heteroatoms. The van der Waals surface area contributed by atoms with Crippen LogP contribution in [-0.2, 0) is 0 Å². The maximum atomic E-state index is 10.7. The van der Waals surface area contributed by atoms with Crippen molar-refractivity contribution in [3.63, 3.8) is 0 Å². The number of nitrogens with zero attached hydrogens (tertiary/aromatic N) is 2. The Morgan fingerprint density at radius 2 is 2.20 bits per heavy atom. The van der Waals surface area contributed by atoms with Gasteiger partial charge < -0.3 is 21.1 Å². The molecule has 0 saturated carbocycles. The molecule has 1 aromatic heterocycles. The van der Waals surface area contributed by atoms with Crippen LogP contribution >= 0.6 is 0 Å². The molecule has 1 heterocycles. The van der Waals surface area contributed by atoms with Gasteiger partial charge in [0.2, 0.25) is 0 Å². The van der Waals surface area contributed by atoms with Crippen LogP contribution in [-0.4, -0.2) is 28.6 Å². The van der Waals surface area contributed by atoms with Crippen LogP contribution in [0, 0.1) is 5.21 Å². The lowest BCUT2D eigenvalue weighted by Gasteiger charge is -2.06. The van der Waals surface area contributed by atoms with Crippen LogP contribution in [0.2, 0.25) is 0 Å². The highest BCUT2D eigenvalue weighted by atomic mass is 16.6. The van der Waals surface area contributed by atoms with Gasteiger partial charge in [0.1, 0.15) is 0 Å². The molecule has 2 aromatic rings. The lowest BCUT2D eigenvalue weighted by atomic mass is 10.2. The molecule has 0 aliphatic rings. The maximum absolute atomic E-state index is 10.7. The van der Waals surface area contributed by atoms with Gasteiger partial charge in [0.15, 0.2) is 16.7 Å². The van der Waals surface area contributed by atoms with Crippen molar-refractivity contribution < 1.29 is 15.2 Å². The van der Waals surface area contributed by atoms with Gasteiger partial charge in [0.05, 0.1) is 12.3 Å². The molecule has 15 heavy (non-hydrogen) atoms. The van der Waals surface area contributed by atoms with E-state index in [4.69, 9.17) is 5.11 Å². The van der Waals surface area contributed by atoms with Crippen LogP contribution in [0.1, 0.15) is 0 Å². The summed E-state index contributed by atoms with van der Waals surface area (Å²) in [4.78, 5) is 0. The third kappa shape index (κ3) is 1.75. The van der Waals surface area contributed by atoms with E-state index in [1.54, 1.807) is 12.1 Å². The number of rotatable bonds is 4. The number of benzene rings is 1. The highest BCUT2D eigenvalue weighted by molar-refractivity contribution is 5.93. The number of aromatic nitrogens is 2. The molecule has 7 nitrogen and oxygen atoms in total. The van der Waals surface area contributed by atoms with Crippen LogP contribution in [0.15, 0.2) is 16.8 Å². The molecule has 0 saturated heterocycles. The zero-order valence-electron chi connectivity index (χ0n) is 7.80. The smallest absolute Gasteiger partial charge is 0.198 e. The number of aliphatic hydroxyl groups excluding tert-OH is 1. The molecule has 1 aromatic carbocycles. The molecule has 0 fully saturated rings. The molecular formula is C8H10N4O3. The summed E-state index contributed by atoms with van der Waals surface area (Å²) < 4.78 is 4.57. The van der Waals surface area contributed by atoms with Crippen LogP contribution in [0.5, 0.6) is 0 Å². The Morgan fingerprint density at radius 3 is 2.93 bits per heavy atom. The second-order valence-corrected chi connectivity index (χ2v) is 2.93. The maximum Gasteiger partial charge on any atom is 0.198 e. The Balaban J connectivity index is 2.44. The predicted molar refractivity (Wildman–Crippen MR) is 52.3 cm³/mol. The minimum Gasteiger partial charge on any atom is -0.630 e. The Hall–Kier alpha value is -1.70. The van der Waals surface area contributed by atoms with E-state index in [1.165, 1.54) is 0 Å². The first-order chi connectivity index (χ1) is 7.36. The van der Waals surface area contributed by atoms with E-state index < -0.39 is 0 Å². The van der Waals surface area contributed by atoms with Crippen LogP contribution < -0.4 is 10.8 Å². The van der Waals surface area contributed by atoms with Gasteiger partial charge in [0.25, 0.3) is 0 Å². The summed E-state index contributed by atoms with van der Waals surface area (Å²) in [7, 11) is 0. The second kappa shape index (κ2) is 4.22. The highest BCUT2D eigenvalue weighted by Gasteiger charge is 2.12. The topological polar surface area (TPSA) is 111 Å². The molecule has 0 amide bonds. The molecule has 0 bridgehead atoms. The lowest BCUT2D eigenvalue weighted by molar-refractivity contribution is -0.495. The Bertz CT molecular complexity index is 456. The van der Waals surface area contributed by atoms with Crippen molar-refractivity contribution in [1.29, 1.82) is 0 Å². The summed E-state index contributed by atoms with van der Waals surface area (Å²) in [5, 5.41) is 29.6. The summed E-state index contributed by atoms with van der Waals surface area (Å²) in [5.41, 5.74) is 2.73. The summed E-state index contributed by atoms with van der Waals surface area (Å²) in [6, 6.07) is 3.32. The molecule has 0 aliphatic heterocycles. The average molecular weight is 210 g/mol.